The number of benzene rings is 1. The van der Waals surface area contributed by atoms with Gasteiger partial charge in [-0.05, 0) is 56.3 Å². The van der Waals surface area contributed by atoms with E-state index >= 15 is 0 Å². The number of hydrogen-bond acceptors (Lipinski definition) is 3. The molecule has 2 aliphatic rings. The summed E-state index contributed by atoms with van der Waals surface area (Å²) in [7, 11) is 0. The van der Waals surface area contributed by atoms with Crippen molar-refractivity contribution in [3.63, 3.8) is 0 Å². The molecule has 1 heterocycles. The van der Waals surface area contributed by atoms with Gasteiger partial charge in [0.15, 0.2) is 11.6 Å². The molecule has 0 radical (unpaired) electrons. The molecular weight excluding hydrogens is 318 g/mol. The van der Waals surface area contributed by atoms with Crippen LogP contribution in [0, 0.1) is 17.6 Å². The molecule has 1 amide bonds. The van der Waals surface area contributed by atoms with E-state index in [1.165, 1.54) is 30.7 Å². The third-order valence-electron chi connectivity index (χ3n) is 4.49. The second-order valence-corrected chi connectivity index (χ2v) is 7.42. The Bertz CT molecular complexity index is 558. The minimum atomic E-state index is -0.870. The van der Waals surface area contributed by atoms with E-state index in [9.17, 15) is 13.6 Å². The predicted molar refractivity (Wildman–Crippen MR) is 87.4 cm³/mol. The average molecular weight is 340 g/mol. The number of likely N-dealkylation sites (tertiary alicyclic amines) is 1. The number of carbonyl (C=O) groups is 1. The van der Waals surface area contributed by atoms with Crippen LogP contribution < -0.4 is 5.32 Å². The lowest BCUT2D eigenvalue weighted by Gasteiger charge is -2.32. The van der Waals surface area contributed by atoms with Crippen LogP contribution in [-0.2, 0) is 4.79 Å². The lowest BCUT2D eigenvalue weighted by atomic mass is 10.0. The molecule has 0 bridgehead atoms. The van der Waals surface area contributed by atoms with Crippen LogP contribution in [0.2, 0.25) is 0 Å². The van der Waals surface area contributed by atoms with Crippen molar-refractivity contribution in [1.82, 2.24) is 10.2 Å². The van der Waals surface area contributed by atoms with Crippen LogP contribution in [-0.4, -0.2) is 42.2 Å². The standard InChI is InChI=1S/C17H22F2N2OS/c18-15-4-3-14(9-16(15)19)23-11-17(22)21-7-5-13(6-8-21)20-10-12-1-2-12/h3-4,9,12-13,20H,1-2,5-8,10-11H2. The number of rotatable bonds is 6. The Morgan fingerprint density at radius 1 is 1.17 bits per heavy atom. The number of piperidine rings is 1. The van der Waals surface area contributed by atoms with Gasteiger partial charge in [0, 0.05) is 24.0 Å². The molecule has 1 aromatic carbocycles. The second kappa shape index (κ2) is 7.62. The Kier molecular flexibility index (Phi) is 5.54. The molecule has 1 aliphatic heterocycles. The molecule has 1 saturated carbocycles. The molecule has 6 heteroatoms. The Morgan fingerprint density at radius 2 is 1.91 bits per heavy atom. The summed E-state index contributed by atoms with van der Waals surface area (Å²) in [5.41, 5.74) is 0. The molecular formula is C17H22F2N2OS. The fourth-order valence-corrected chi connectivity index (χ4v) is 3.62. The van der Waals surface area contributed by atoms with Crippen molar-refractivity contribution in [3.8, 4) is 0 Å². The molecule has 1 saturated heterocycles. The first-order valence-electron chi connectivity index (χ1n) is 8.21. The van der Waals surface area contributed by atoms with Crippen molar-refractivity contribution in [3.05, 3.63) is 29.8 Å². The van der Waals surface area contributed by atoms with E-state index in [4.69, 9.17) is 0 Å². The zero-order chi connectivity index (χ0) is 16.2. The highest BCUT2D eigenvalue weighted by atomic mass is 32.2. The van der Waals surface area contributed by atoms with Gasteiger partial charge in [-0.2, -0.15) is 0 Å². The predicted octanol–water partition coefficient (Wildman–Crippen LogP) is 3.05. The summed E-state index contributed by atoms with van der Waals surface area (Å²) in [6.07, 6.45) is 4.69. The number of amides is 1. The largest absolute Gasteiger partial charge is 0.342 e. The SMILES string of the molecule is O=C(CSc1ccc(F)c(F)c1)N1CCC(NCC2CC2)CC1. The summed E-state index contributed by atoms with van der Waals surface area (Å²) in [5, 5.41) is 3.59. The van der Waals surface area contributed by atoms with Crippen LogP contribution in [0.1, 0.15) is 25.7 Å². The number of thioether (sulfide) groups is 1. The van der Waals surface area contributed by atoms with E-state index < -0.39 is 11.6 Å². The van der Waals surface area contributed by atoms with Crippen molar-refractivity contribution in [1.29, 1.82) is 0 Å². The Hall–Kier alpha value is -1.14. The molecule has 3 nitrogen and oxygen atoms in total. The van der Waals surface area contributed by atoms with Crippen molar-refractivity contribution >= 4 is 17.7 Å². The molecule has 1 aromatic rings. The van der Waals surface area contributed by atoms with Gasteiger partial charge in [-0.3, -0.25) is 4.79 Å². The maximum Gasteiger partial charge on any atom is 0.232 e. The maximum absolute atomic E-state index is 13.1. The molecule has 0 spiro atoms. The van der Waals surface area contributed by atoms with E-state index in [1.807, 2.05) is 4.90 Å². The van der Waals surface area contributed by atoms with Crippen LogP contribution >= 0.6 is 11.8 Å². The van der Waals surface area contributed by atoms with Crippen LogP contribution in [0.25, 0.3) is 0 Å². The zero-order valence-corrected chi connectivity index (χ0v) is 13.9. The Balaban J connectivity index is 1.39. The zero-order valence-electron chi connectivity index (χ0n) is 13.1. The third kappa shape index (κ3) is 4.91. The third-order valence-corrected chi connectivity index (χ3v) is 5.47. The van der Waals surface area contributed by atoms with Gasteiger partial charge in [0.1, 0.15) is 0 Å². The second-order valence-electron chi connectivity index (χ2n) is 6.37. The van der Waals surface area contributed by atoms with E-state index in [-0.39, 0.29) is 11.7 Å². The van der Waals surface area contributed by atoms with Gasteiger partial charge in [0.2, 0.25) is 5.91 Å². The first-order valence-corrected chi connectivity index (χ1v) is 9.19. The first-order chi connectivity index (χ1) is 11.1. The average Bonchev–Trinajstić information content (AvgIpc) is 3.38. The molecule has 126 valence electrons. The van der Waals surface area contributed by atoms with Crippen LogP contribution in [0.5, 0.6) is 0 Å². The van der Waals surface area contributed by atoms with Gasteiger partial charge >= 0.3 is 0 Å². The summed E-state index contributed by atoms with van der Waals surface area (Å²) in [5.74, 6) is -0.514. The van der Waals surface area contributed by atoms with E-state index in [2.05, 4.69) is 5.32 Å². The quantitative estimate of drug-likeness (QED) is 0.808. The van der Waals surface area contributed by atoms with Gasteiger partial charge in [0.25, 0.3) is 0 Å². The van der Waals surface area contributed by atoms with Gasteiger partial charge in [0.05, 0.1) is 5.75 Å². The summed E-state index contributed by atoms with van der Waals surface area (Å²) in [6, 6.07) is 4.27. The Morgan fingerprint density at radius 3 is 2.57 bits per heavy atom. The van der Waals surface area contributed by atoms with Gasteiger partial charge in [-0.25, -0.2) is 8.78 Å². The van der Waals surface area contributed by atoms with Gasteiger partial charge < -0.3 is 10.2 Å². The smallest absolute Gasteiger partial charge is 0.232 e. The highest BCUT2D eigenvalue weighted by Crippen LogP contribution is 2.28. The molecule has 3 rings (SSSR count). The molecule has 23 heavy (non-hydrogen) atoms. The first kappa shape index (κ1) is 16.7. The number of halogens is 2. The highest BCUT2D eigenvalue weighted by Gasteiger charge is 2.25. The van der Waals surface area contributed by atoms with Crippen molar-refractivity contribution in [2.24, 2.45) is 5.92 Å². The molecule has 1 N–H and O–H groups in total. The number of nitrogens with zero attached hydrogens (tertiary/aromatic N) is 1. The number of nitrogens with one attached hydrogen (secondary N) is 1. The molecule has 0 aromatic heterocycles. The fraction of sp³-hybridized carbons (Fsp3) is 0.588. The molecule has 0 unspecified atom stereocenters. The normalized spacial score (nSPS) is 19.1. The Labute approximate surface area is 139 Å². The number of hydrogen-bond donors (Lipinski definition) is 1. The highest BCUT2D eigenvalue weighted by molar-refractivity contribution is 8.00. The van der Waals surface area contributed by atoms with Crippen LogP contribution in [0.3, 0.4) is 0 Å². The van der Waals surface area contributed by atoms with Crippen molar-refractivity contribution < 1.29 is 13.6 Å². The lowest BCUT2D eigenvalue weighted by molar-refractivity contribution is -0.129. The van der Waals surface area contributed by atoms with E-state index in [1.54, 1.807) is 0 Å². The summed E-state index contributed by atoms with van der Waals surface area (Å²) in [4.78, 5) is 14.7. The minimum absolute atomic E-state index is 0.0698. The minimum Gasteiger partial charge on any atom is -0.342 e. The molecule has 1 aliphatic carbocycles. The van der Waals surface area contributed by atoms with E-state index in [0.717, 1.165) is 50.5 Å². The van der Waals surface area contributed by atoms with Gasteiger partial charge in [-0.1, -0.05) is 0 Å². The maximum atomic E-state index is 13.1. The van der Waals surface area contributed by atoms with E-state index in [0.29, 0.717) is 10.9 Å². The van der Waals surface area contributed by atoms with Crippen LogP contribution in [0.4, 0.5) is 8.78 Å². The van der Waals surface area contributed by atoms with Crippen molar-refractivity contribution in [2.45, 2.75) is 36.6 Å². The van der Waals surface area contributed by atoms with Crippen molar-refractivity contribution in [2.75, 3.05) is 25.4 Å². The van der Waals surface area contributed by atoms with Crippen LogP contribution in [0.15, 0.2) is 23.1 Å². The summed E-state index contributed by atoms with van der Waals surface area (Å²) in [6.45, 7) is 2.67. The molecule has 0 atom stereocenters. The lowest BCUT2D eigenvalue weighted by Crippen LogP contribution is -2.45. The monoisotopic (exact) mass is 340 g/mol. The topological polar surface area (TPSA) is 32.3 Å². The summed E-state index contributed by atoms with van der Waals surface area (Å²) >= 11 is 1.25. The fourth-order valence-electron chi connectivity index (χ4n) is 2.79. The summed E-state index contributed by atoms with van der Waals surface area (Å²) < 4.78 is 26.0. The van der Waals surface area contributed by atoms with Gasteiger partial charge in [-0.15, -0.1) is 11.8 Å². The molecule has 2 fully saturated rings. The number of carbonyl (C=O) groups excluding carboxylic acids is 1.